The summed E-state index contributed by atoms with van der Waals surface area (Å²) in [5.74, 6) is 5.42. The number of hydrogen-bond donors (Lipinski definition) is 1. The number of nitro benzene ring substituents is 1. The van der Waals surface area contributed by atoms with Crippen molar-refractivity contribution in [2.75, 3.05) is 6.61 Å². The molecule has 0 unspecified atom stereocenters. The lowest BCUT2D eigenvalue weighted by Gasteiger charge is -1.91. The highest BCUT2D eigenvalue weighted by molar-refractivity contribution is 5.42. The van der Waals surface area contributed by atoms with Crippen LogP contribution in [0.1, 0.15) is 12.0 Å². The van der Waals surface area contributed by atoms with Crippen molar-refractivity contribution in [2.45, 2.75) is 6.42 Å². The summed E-state index contributed by atoms with van der Waals surface area (Å²) in [6, 6.07) is 6.10. The van der Waals surface area contributed by atoms with Crippen LogP contribution in [-0.2, 0) is 0 Å². The predicted octanol–water partition coefficient (Wildman–Crippen LogP) is 1.33. The van der Waals surface area contributed by atoms with Crippen LogP contribution >= 0.6 is 0 Å². The quantitative estimate of drug-likeness (QED) is 0.435. The Bertz CT molecular complexity index is 390. The minimum absolute atomic E-state index is 0.00191. The Morgan fingerprint density at radius 1 is 1.50 bits per heavy atom. The highest BCUT2D eigenvalue weighted by atomic mass is 16.6. The number of aliphatic hydroxyl groups is 1. The van der Waals surface area contributed by atoms with Gasteiger partial charge in [0.1, 0.15) is 0 Å². The van der Waals surface area contributed by atoms with Gasteiger partial charge in [-0.3, -0.25) is 10.1 Å². The van der Waals surface area contributed by atoms with Crippen LogP contribution in [-0.4, -0.2) is 16.6 Å². The highest BCUT2D eigenvalue weighted by Crippen LogP contribution is 2.11. The third-order valence-corrected chi connectivity index (χ3v) is 1.53. The van der Waals surface area contributed by atoms with Gasteiger partial charge < -0.3 is 5.11 Å². The Balaban J connectivity index is 2.85. The second-order valence-electron chi connectivity index (χ2n) is 2.58. The SMILES string of the molecule is O=[N+]([O-])c1cccc(C#CCCO)c1. The summed E-state index contributed by atoms with van der Waals surface area (Å²) in [6.45, 7) is 0.00191. The van der Waals surface area contributed by atoms with Gasteiger partial charge in [0.25, 0.3) is 5.69 Å². The number of nitro groups is 1. The molecule has 0 aromatic heterocycles. The van der Waals surface area contributed by atoms with Crippen molar-refractivity contribution in [1.82, 2.24) is 0 Å². The van der Waals surface area contributed by atoms with Crippen LogP contribution in [0.5, 0.6) is 0 Å². The van der Waals surface area contributed by atoms with E-state index in [0.717, 1.165) is 0 Å². The molecule has 1 rings (SSSR count). The Hall–Kier alpha value is -1.86. The summed E-state index contributed by atoms with van der Waals surface area (Å²) in [7, 11) is 0. The predicted molar refractivity (Wildman–Crippen MR) is 51.7 cm³/mol. The molecule has 0 bridgehead atoms. The molecule has 0 aliphatic heterocycles. The van der Waals surface area contributed by atoms with Crippen molar-refractivity contribution in [3.63, 3.8) is 0 Å². The van der Waals surface area contributed by atoms with Crippen LogP contribution in [0.25, 0.3) is 0 Å². The molecule has 0 amide bonds. The first kappa shape index (κ1) is 10.2. The lowest BCUT2D eigenvalue weighted by atomic mass is 10.2. The zero-order valence-electron chi connectivity index (χ0n) is 7.43. The fraction of sp³-hybridized carbons (Fsp3) is 0.200. The molecular weight excluding hydrogens is 182 g/mol. The Labute approximate surface area is 81.3 Å². The van der Waals surface area contributed by atoms with Crippen LogP contribution < -0.4 is 0 Å². The van der Waals surface area contributed by atoms with E-state index >= 15 is 0 Å². The molecule has 0 fully saturated rings. The molecule has 14 heavy (non-hydrogen) atoms. The van der Waals surface area contributed by atoms with Gasteiger partial charge in [0.05, 0.1) is 11.5 Å². The van der Waals surface area contributed by atoms with Crippen molar-refractivity contribution in [3.05, 3.63) is 39.9 Å². The summed E-state index contributed by atoms with van der Waals surface area (Å²) in [5, 5.41) is 18.9. The molecule has 0 aliphatic carbocycles. The molecule has 72 valence electrons. The maximum atomic E-state index is 10.4. The lowest BCUT2D eigenvalue weighted by molar-refractivity contribution is -0.384. The molecular formula is C10H9NO3. The minimum atomic E-state index is -0.461. The molecule has 0 saturated carbocycles. The molecule has 0 aliphatic rings. The standard InChI is InChI=1S/C10H9NO3/c12-7-2-1-4-9-5-3-6-10(8-9)11(13)14/h3,5-6,8,12H,2,7H2. The van der Waals surface area contributed by atoms with Gasteiger partial charge in [0, 0.05) is 24.1 Å². The second kappa shape index (κ2) is 5.00. The topological polar surface area (TPSA) is 63.4 Å². The second-order valence-corrected chi connectivity index (χ2v) is 2.58. The fourth-order valence-corrected chi connectivity index (χ4v) is 0.918. The zero-order chi connectivity index (χ0) is 10.4. The average molecular weight is 191 g/mol. The number of nitrogens with zero attached hydrogens (tertiary/aromatic N) is 1. The smallest absolute Gasteiger partial charge is 0.270 e. The van der Waals surface area contributed by atoms with E-state index in [4.69, 9.17) is 5.11 Å². The number of non-ortho nitro benzene ring substituents is 1. The number of rotatable bonds is 2. The molecule has 0 saturated heterocycles. The van der Waals surface area contributed by atoms with Crippen molar-refractivity contribution in [3.8, 4) is 11.8 Å². The van der Waals surface area contributed by atoms with E-state index in [-0.39, 0.29) is 12.3 Å². The maximum Gasteiger partial charge on any atom is 0.270 e. The third kappa shape index (κ3) is 2.88. The van der Waals surface area contributed by atoms with E-state index in [0.29, 0.717) is 12.0 Å². The van der Waals surface area contributed by atoms with Gasteiger partial charge in [-0.2, -0.15) is 0 Å². The van der Waals surface area contributed by atoms with Crippen LogP contribution in [0, 0.1) is 22.0 Å². The van der Waals surface area contributed by atoms with Gasteiger partial charge in [-0.1, -0.05) is 17.9 Å². The van der Waals surface area contributed by atoms with Crippen molar-refractivity contribution < 1.29 is 10.0 Å². The van der Waals surface area contributed by atoms with Crippen LogP contribution in [0.15, 0.2) is 24.3 Å². The number of aliphatic hydroxyl groups excluding tert-OH is 1. The zero-order valence-corrected chi connectivity index (χ0v) is 7.43. The van der Waals surface area contributed by atoms with Gasteiger partial charge in [-0.05, 0) is 6.07 Å². The van der Waals surface area contributed by atoms with E-state index in [1.165, 1.54) is 12.1 Å². The van der Waals surface area contributed by atoms with E-state index in [9.17, 15) is 10.1 Å². The first-order valence-corrected chi connectivity index (χ1v) is 4.08. The minimum Gasteiger partial charge on any atom is -0.395 e. The molecule has 1 aromatic carbocycles. The summed E-state index contributed by atoms with van der Waals surface area (Å²) in [5.41, 5.74) is 0.619. The number of hydrogen-bond acceptors (Lipinski definition) is 3. The summed E-state index contributed by atoms with van der Waals surface area (Å²) < 4.78 is 0. The molecule has 4 nitrogen and oxygen atoms in total. The van der Waals surface area contributed by atoms with Crippen LogP contribution in [0.3, 0.4) is 0 Å². The highest BCUT2D eigenvalue weighted by Gasteiger charge is 2.03. The molecule has 0 atom stereocenters. The summed E-state index contributed by atoms with van der Waals surface area (Å²) >= 11 is 0. The van der Waals surface area contributed by atoms with Gasteiger partial charge in [0.2, 0.25) is 0 Å². The maximum absolute atomic E-state index is 10.4. The Morgan fingerprint density at radius 3 is 2.93 bits per heavy atom. The first-order valence-electron chi connectivity index (χ1n) is 4.08. The van der Waals surface area contributed by atoms with E-state index < -0.39 is 4.92 Å². The first-order chi connectivity index (χ1) is 6.74. The number of benzene rings is 1. The largest absolute Gasteiger partial charge is 0.395 e. The molecule has 0 radical (unpaired) electrons. The lowest BCUT2D eigenvalue weighted by Crippen LogP contribution is -1.87. The normalized spacial score (nSPS) is 8.93. The molecule has 1 N–H and O–H groups in total. The van der Waals surface area contributed by atoms with E-state index in [1.807, 2.05) is 0 Å². The van der Waals surface area contributed by atoms with Crippen LogP contribution in [0.2, 0.25) is 0 Å². The molecule has 1 aromatic rings. The monoisotopic (exact) mass is 191 g/mol. The Kier molecular flexibility index (Phi) is 3.65. The molecule has 0 heterocycles. The van der Waals surface area contributed by atoms with E-state index in [1.54, 1.807) is 12.1 Å². The van der Waals surface area contributed by atoms with Gasteiger partial charge in [-0.25, -0.2) is 0 Å². The van der Waals surface area contributed by atoms with E-state index in [2.05, 4.69) is 11.8 Å². The van der Waals surface area contributed by atoms with Crippen LogP contribution in [0.4, 0.5) is 5.69 Å². The van der Waals surface area contributed by atoms with Crippen molar-refractivity contribution in [2.24, 2.45) is 0 Å². The summed E-state index contributed by atoms with van der Waals surface area (Å²) in [4.78, 5) is 9.94. The van der Waals surface area contributed by atoms with Gasteiger partial charge in [0.15, 0.2) is 0 Å². The molecule has 0 spiro atoms. The molecule has 4 heteroatoms. The third-order valence-electron chi connectivity index (χ3n) is 1.53. The van der Waals surface area contributed by atoms with Crippen molar-refractivity contribution >= 4 is 5.69 Å². The summed E-state index contributed by atoms with van der Waals surface area (Å²) in [6.07, 6.45) is 0.378. The van der Waals surface area contributed by atoms with Gasteiger partial charge >= 0.3 is 0 Å². The Morgan fingerprint density at radius 2 is 2.29 bits per heavy atom. The van der Waals surface area contributed by atoms with Gasteiger partial charge in [-0.15, -0.1) is 0 Å². The fourth-order valence-electron chi connectivity index (χ4n) is 0.918. The van der Waals surface area contributed by atoms with Crippen molar-refractivity contribution in [1.29, 1.82) is 0 Å². The average Bonchev–Trinajstić information content (AvgIpc) is 2.19.